The van der Waals surface area contributed by atoms with E-state index in [1.165, 1.54) is 0 Å². The SMILES string of the molecule is Cc1nc2ncccn2c1C(N)C(=O)O. The van der Waals surface area contributed by atoms with Gasteiger partial charge in [-0.05, 0) is 13.0 Å². The molecular formula is C9H10N4O2. The largest absolute Gasteiger partial charge is 0.480 e. The Balaban J connectivity index is 2.68. The minimum Gasteiger partial charge on any atom is -0.480 e. The van der Waals surface area contributed by atoms with Gasteiger partial charge in [0.15, 0.2) is 0 Å². The van der Waals surface area contributed by atoms with Crippen LogP contribution >= 0.6 is 0 Å². The van der Waals surface area contributed by atoms with Crippen molar-refractivity contribution < 1.29 is 9.90 Å². The van der Waals surface area contributed by atoms with Gasteiger partial charge in [-0.2, -0.15) is 0 Å². The maximum atomic E-state index is 10.8. The first-order valence-electron chi connectivity index (χ1n) is 4.39. The van der Waals surface area contributed by atoms with E-state index in [0.717, 1.165) is 0 Å². The van der Waals surface area contributed by atoms with E-state index in [0.29, 0.717) is 17.2 Å². The van der Waals surface area contributed by atoms with E-state index in [1.54, 1.807) is 29.8 Å². The van der Waals surface area contributed by atoms with Crippen molar-refractivity contribution in [3.8, 4) is 0 Å². The van der Waals surface area contributed by atoms with Gasteiger partial charge in [0.1, 0.15) is 6.04 Å². The van der Waals surface area contributed by atoms with Gasteiger partial charge in [0.05, 0.1) is 11.4 Å². The molecule has 3 N–H and O–H groups in total. The Kier molecular flexibility index (Phi) is 2.12. The minimum atomic E-state index is -1.08. The monoisotopic (exact) mass is 206 g/mol. The molecule has 0 spiro atoms. The molecule has 6 heteroatoms. The molecule has 0 bridgehead atoms. The molecule has 1 unspecified atom stereocenters. The van der Waals surface area contributed by atoms with Crippen LogP contribution in [0.3, 0.4) is 0 Å². The van der Waals surface area contributed by atoms with Gasteiger partial charge in [-0.25, -0.2) is 9.97 Å². The number of aliphatic carboxylic acids is 1. The number of fused-ring (bicyclic) bond motifs is 1. The van der Waals surface area contributed by atoms with Gasteiger partial charge >= 0.3 is 5.97 Å². The second-order valence-corrected chi connectivity index (χ2v) is 3.19. The molecule has 0 aliphatic carbocycles. The Morgan fingerprint density at radius 2 is 2.40 bits per heavy atom. The zero-order chi connectivity index (χ0) is 11.0. The number of carbonyl (C=O) groups is 1. The number of aromatic nitrogens is 3. The normalized spacial score (nSPS) is 12.9. The Morgan fingerprint density at radius 3 is 3.07 bits per heavy atom. The van der Waals surface area contributed by atoms with Crippen molar-refractivity contribution in [2.24, 2.45) is 5.73 Å². The van der Waals surface area contributed by atoms with Crippen LogP contribution in [0, 0.1) is 6.92 Å². The summed E-state index contributed by atoms with van der Waals surface area (Å²) in [6.45, 7) is 1.72. The van der Waals surface area contributed by atoms with Gasteiger partial charge in [0, 0.05) is 12.4 Å². The van der Waals surface area contributed by atoms with Crippen LogP contribution in [0.4, 0.5) is 0 Å². The molecule has 2 aromatic heterocycles. The Bertz CT molecular complexity index is 520. The van der Waals surface area contributed by atoms with Gasteiger partial charge in [-0.15, -0.1) is 0 Å². The van der Waals surface area contributed by atoms with Crippen LogP contribution in [0.15, 0.2) is 18.5 Å². The zero-order valence-corrected chi connectivity index (χ0v) is 8.08. The second kappa shape index (κ2) is 3.32. The van der Waals surface area contributed by atoms with Crippen molar-refractivity contribution in [3.63, 3.8) is 0 Å². The van der Waals surface area contributed by atoms with Crippen molar-refractivity contribution in [1.82, 2.24) is 14.4 Å². The molecule has 0 aromatic carbocycles. The standard InChI is InChI=1S/C9H10N4O2/c1-5-7(6(10)8(14)15)13-4-2-3-11-9(13)12-5/h2-4,6H,10H2,1H3,(H,14,15). The van der Waals surface area contributed by atoms with Gasteiger partial charge in [-0.1, -0.05) is 0 Å². The van der Waals surface area contributed by atoms with E-state index in [9.17, 15) is 4.79 Å². The number of hydrogen-bond acceptors (Lipinski definition) is 4. The molecular weight excluding hydrogens is 196 g/mol. The lowest BCUT2D eigenvalue weighted by Gasteiger charge is -2.06. The summed E-state index contributed by atoms with van der Waals surface area (Å²) in [6.07, 6.45) is 3.29. The van der Waals surface area contributed by atoms with Crippen molar-refractivity contribution >= 4 is 11.7 Å². The molecule has 0 aliphatic heterocycles. The maximum absolute atomic E-state index is 10.8. The molecule has 6 nitrogen and oxygen atoms in total. The number of carboxylic acid groups (broad SMARTS) is 1. The van der Waals surface area contributed by atoms with E-state index >= 15 is 0 Å². The zero-order valence-electron chi connectivity index (χ0n) is 8.08. The van der Waals surface area contributed by atoms with Crippen molar-refractivity contribution in [1.29, 1.82) is 0 Å². The minimum absolute atomic E-state index is 0.460. The molecule has 0 aliphatic rings. The molecule has 2 heterocycles. The van der Waals surface area contributed by atoms with Crippen LogP contribution in [0.5, 0.6) is 0 Å². The summed E-state index contributed by atoms with van der Waals surface area (Å²) in [5.74, 6) is -0.620. The molecule has 1 atom stereocenters. The van der Waals surface area contributed by atoms with Crippen molar-refractivity contribution in [2.75, 3.05) is 0 Å². The van der Waals surface area contributed by atoms with E-state index < -0.39 is 12.0 Å². The van der Waals surface area contributed by atoms with Gasteiger partial charge in [-0.3, -0.25) is 9.20 Å². The number of hydrogen-bond donors (Lipinski definition) is 2. The summed E-state index contributed by atoms with van der Waals surface area (Å²) in [5.41, 5.74) is 6.61. The van der Waals surface area contributed by atoms with Gasteiger partial charge in [0.25, 0.3) is 0 Å². The van der Waals surface area contributed by atoms with Crippen LogP contribution in [-0.4, -0.2) is 25.4 Å². The van der Waals surface area contributed by atoms with E-state index in [4.69, 9.17) is 10.8 Å². The lowest BCUT2D eigenvalue weighted by atomic mass is 10.2. The van der Waals surface area contributed by atoms with Gasteiger partial charge in [0.2, 0.25) is 5.78 Å². The molecule has 2 aromatic rings. The molecule has 0 amide bonds. The summed E-state index contributed by atoms with van der Waals surface area (Å²) in [5, 5.41) is 8.85. The summed E-state index contributed by atoms with van der Waals surface area (Å²) in [4.78, 5) is 18.9. The molecule has 15 heavy (non-hydrogen) atoms. The highest BCUT2D eigenvalue weighted by atomic mass is 16.4. The number of nitrogens with zero attached hydrogens (tertiary/aromatic N) is 3. The Morgan fingerprint density at radius 1 is 1.67 bits per heavy atom. The average Bonchev–Trinajstić information content (AvgIpc) is 2.52. The highest BCUT2D eigenvalue weighted by molar-refractivity contribution is 5.75. The smallest absolute Gasteiger partial charge is 0.326 e. The van der Waals surface area contributed by atoms with E-state index in [1.807, 2.05) is 0 Å². The Labute approximate surface area is 85.4 Å². The third-order valence-electron chi connectivity index (χ3n) is 2.19. The van der Waals surface area contributed by atoms with E-state index in [-0.39, 0.29) is 0 Å². The average molecular weight is 206 g/mol. The number of rotatable bonds is 2. The number of imidazole rings is 1. The molecule has 0 saturated heterocycles. The second-order valence-electron chi connectivity index (χ2n) is 3.19. The summed E-state index contributed by atoms with van der Waals surface area (Å²) in [7, 11) is 0. The first-order chi connectivity index (χ1) is 7.11. The van der Waals surface area contributed by atoms with E-state index in [2.05, 4.69) is 9.97 Å². The van der Waals surface area contributed by atoms with Gasteiger partial charge < -0.3 is 10.8 Å². The predicted octanol–water partition coefficient (Wildman–Crippen LogP) is 0.122. The summed E-state index contributed by atoms with van der Waals surface area (Å²) < 4.78 is 1.59. The maximum Gasteiger partial charge on any atom is 0.326 e. The van der Waals surface area contributed by atoms with Crippen LogP contribution < -0.4 is 5.73 Å². The number of nitrogens with two attached hydrogens (primary N) is 1. The first-order valence-corrected chi connectivity index (χ1v) is 4.39. The number of carboxylic acids is 1. The first kappa shape index (κ1) is 9.60. The molecule has 78 valence electrons. The van der Waals surface area contributed by atoms with Crippen LogP contribution in [0.25, 0.3) is 5.78 Å². The highest BCUT2D eigenvalue weighted by Gasteiger charge is 2.21. The van der Waals surface area contributed by atoms with Crippen LogP contribution in [0.2, 0.25) is 0 Å². The third-order valence-corrected chi connectivity index (χ3v) is 2.19. The van der Waals surface area contributed by atoms with Crippen LogP contribution in [-0.2, 0) is 4.79 Å². The fraction of sp³-hybridized carbons (Fsp3) is 0.222. The lowest BCUT2D eigenvalue weighted by Crippen LogP contribution is -2.23. The van der Waals surface area contributed by atoms with Crippen LogP contribution in [0.1, 0.15) is 17.4 Å². The summed E-state index contributed by atoms with van der Waals surface area (Å²) in [6, 6.07) is 0.621. The van der Waals surface area contributed by atoms with Crippen molar-refractivity contribution in [3.05, 3.63) is 29.8 Å². The fourth-order valence-electron chi connectivity index (χ4n) is 1.51. The molecule has 0 fully saturated rings. The molecule has 2 rings (SSSR count). The molecule has 0 radical (unpaired) electrons. The quantitative estimate of drug-likeness (QED) is 0.728. The lowest BCUT2D eigenvalue weighted by molar-refractivity contribution is -0.138. The predicted molar refractivity (Wildman–Crippen MR) is 52.3 cm³/mol. The summed E-state index contributed by atoms with van der Waals surface area (Å²) >= 11 is 0. The Hall–Kier alpha value is -1.95. The third kappa shape index (κ3) is 1.44. The van der Waals surface area contributed by atoms with Crippen molar-refractivity contribution in [2.45, 2.75) is 13.0 Å². The highest BCUT2D eigenvalue weighted by Crippen LogP contribution is 2.16. The topological polar surface area (TPSA) is 93.5 Å². The number of aryl methyl sites for hydroxylation is 1. The fourth-order valence-corrected chi connectivity index (χ4v) is 1.51. The molecule has 0 saturated carbocycles.